The van der Waals surface area contributed by atoms with Crippen LogP contribution < -0.4 is 20.7 Å². The second-order valence-electron chi connectivity index (χ2n) is 15.2. The molecule has 2 aromatic carbocycles. The molecule has 4 N–H and O–H groups in total. The van der Waals surface area contributed by atoms with Crippen molar-refractivity contribution in [3.8, 4) is 11.8 Å². The lowest BCUT2D eigenvalue weighted by molar-refractivity contribution is -0.173. The van der Waals surface area contributed by atoms with Gasteiger partial charge in [0.25, 0.3) is 0 Å². The van der Waals surface area contributed by atoms with Gasteiger partial charge < -0.3 is 44.0 Å². The van der Waals surface area contributed by atoms with Crippen LogP contribution in [0.1, 0.15) is 57.5 Å². The summed E-state index contributed by atoms with van der Waals surface area (Å²) in [5, 5.41) is 20.2. The second-order valence-corrected chi connectivity index (χ2v) is 16.9. The Hall–Kier alpha value is -6.59. The number of nitrogens with one attached hydrogen (secondary N) is 2. The van der Waals surface area contributed by atoms with E-state index in [4.69, 9.17) is 43.2 Å². The number of nitrogen functional groups attached to an aromatic ring is 1. The summed E-state index contributed by atoms with van der Waals surface area (Å²) in [5.41, 5.74) is 5.52. The van der Waals surface area contributed by atoms with Gasteiger partial charge in [-0.2, -0.15) is 15.4 Å². The predicted molar refractivity (Wildman–Crippen MR) is 224 cm³/mol. The fourth-order valence-electron chi connectivity index (χ4n) is 6.30. The number of carbonyl (C=O) groups is 5. The summed E-state index contributed by atoms with van der Waals surface area (Å²) in [4.78, 5) is 68.4. The van der Waals surface area contributed by atoms with Gasteiger partial charge in [0.1, 0.15) is 55.1 Å². The molecular formula is C42H50N7O14P. The van der Waals surface area contributed by atoms with Crippen LogP contribution in [0.25, 0.3) is 5.52 Å². The first kappa shape index (κ1) is 48.4. The molecule has 64 heavy (non-hydrogen) atoms. The molecule has 3 unspecified atom stereocenters. The molecule has 1 fully saturated rings. The van der Waals surface area contributed by atoms with Crippen LogP contribution >= 0.6 is 7.75 Å². The topological polar surface area (TPSA) is 280 Å². The van der Waals surface area contributed by atoms with E-state index in [-0.39, 0.29) is 30.3 Å². The smallest absolute Gasteiger partial charge is 0.459 e. The third-order valence-electron chi connectivity index (χ3n) is 9.76. The minimum Gasteiger partial charge on any atom is -0.468 e. The summed E-state index contributed by atoms with van der Waals surface area (Å²) in [5.74, 6) is -4.51. The molecule has 1 aliphatic rings. The molecule has 4 aromatic rings. The average Bonchev–Trinajstić information content (AvgIpc) is 3.84. The first-order valence-corrected chi connectivity index (χ1v) is 21.5. The van der Waals surface area contributed by atoms with Crippen molar-refractivity contribution in [3.05, 3.63) is 89.9 Å². The Morgan fingerprint density at radius 3 is 2.17 bits per heavy atom. The molecule has 22 heteroatoms. The molecule has 0 radical (unpaired) electrons. The highest BCUT2D eigenvalue weighted by atomic mass is 31.2. The summed E-state index contributed by atoms with van der Waals surface area (Å²) in [7, 11) is -2.50. The molecule has 1 aliphatic heterocycles. The lowest BCUT2D eigenvalue weighted by Crippen LogP contribution is -2.50. The summed E-state index contributed by atoms with van der Waals surface area (Å²) in [6.07, 6.45) is -4.31. The molecule has 21 nitrogen and oxygen atoms in total. The Balaban J connectivity index is 1.44. The highest BCUT2D eigenvalue weighted by Gasteiger charge is 2.62. The molecule has 0 spiro atoms. The van der Waals surface area contributed by atoms with Crippen LogP contribution in [0.4, 0.5) is 10.6 Å². The Bertz CT molecular complexity index is 2390. The largest absolute Gasteiger partial charge is 0.468 e. The predicted octanol–water partition coefficient (Wildman–Crippen LogP) is 4.15. The van der Waals surface area contributed by atoms with E-state index in [2.05, 4.69) is 20.5 Å². The molecule has 7 atom stereocenters. The van der Waals surface area contributed by atoms with Crippen LogP contribution in [0.2, 0.25) is 0 Å². The number of anilines is 1. The Kier molecular flexibility index (Phi) is 16.0. The van der Waals surface area contributed by atoms with Crippen molar-refractivity contribution in [2.24, 2.45) is 11.8 Å². The monoisotopic (exact) mass is 907 g/mol. The minimum atomic E-state index is -4.78. The molecule has 342 valence electrons. The minimum absolute atomic E-state index is 0.0369. The SMILES string of the molecule is COC(=O)C(C)NP(=O)(OC[C@@]1(C#N)O[C@@H](c2ccc3c(N)ncnn23)[C@H](OC(=O)C(C)C)[C@@H]1OC(=O)C(C)C)Oc1ccc(CC(NC(=O)OCc2ccccc2)C(=O)OC)cc1. The van der Waals surface area contributed by atoms with Crippen LogP contribution in [-0.4, -0.2) is 95.3 Å². The third-order valence-corrected chi connectivity index (χ3v) is 11.4. The molecular weight excluding hydrogens is 857 g/mol. The lowest BCUT2D eigenvalue weighted by Gasteiger charge is -2.31. The van der Waals surface area contributed by atoms with Crippen molar-refractivity contribution >= 4 is 49.1 Å². The van der Waals surface area contributed by atoms with Gasteiger partial charge in [0.15, 0.2) is 18.0 Å². The van der Waals surface area contributed by atoms with Crippen LogP contribution in [0.15, 0.2) is 73.1 Å². The van der Waals surface area contributed by atoms with E-state index in [1.54, 1.807) is 64.1 Å². The quantitative estimate of drug-likeness (QED) is 0.0677. The standard InChI is InChI=1S/C42H50N7O14P/c1-24(2)37(50)60-34-33(31-17-18-32-36(44)45-23-46-49(31)32)62-42(21-43,35(34)61-38(51)25(3)4)22-59-64(55,48-26(5)39(52)56-6)63-29-15-13-27(14-16-29)19-30(40(53)57-7)47-41(54)58-20-28-11-9-8-10-12-28/h8-18,23-26,30,33-35H,19-20,22H2,1-7H3,(H,47,54)(H,48,55)(H2,44,45,46)/t26?,30?,33-,34-,35-,42+,64?/m0/s1. The molecule has 5 rings (SSSR count). The first-order valence-electron chi connectivity index (χ1n) is 19.9. The van der Waals surface area contributed by atoms with Gasteiger partial charge in [-0.3, -0.25) is 18.9 Å². The maximum Gasteiger partial charge on any atom is 0.459 e. The maximum atomic E-state index is 14.7. The number of alkyl carbamates (subject to hydrolysis) is 1. The molecule has 1 saturated heterocycles. The van der Waals surface area contributed by atoms with Gasteiger partial charge >= 0.3 is 37.7 Å². The van der Waals surface area contributed by atoms with E-state index in [1.807, 2.05) is 12.1 Å². The fraction of sp³-hybridized carbons (Fsp3) is 0.429. The number of rotatable bonds is 19. The number of aromatic nitrogens is 3. The third kappa shape index (κ3) is 11.7. The van der Waals surface area contributed by atoms with E-state index in [9.17, 15) is 33.8 Å². The van der Waals surface area contributed by atoms with Crippen LogP contribution in [0.5, 0.6) is 5.75 Å². The lowest BCUT2D eigenvalue weighted by atomic mass is 9.95. The van der Waals surface area contributed by atoms with Gasteiger partial charge in [-0.1, -0.05) is 70.2 Å². The summed E-state index contributed by atoms with van der Waals surface area (Å²) in [6.45, 7) is 6.58. The number of fused-ring (bicyclic) bond motifs is 1. The number of methoxy groups -OCH3 is 2. The Morgan fingerprint density at radius 2 is 1.55 bits per heavy atom. The molecule has 0 saturated carbocycles. The number of amides is 1. The summed E-state index contributed by atoms with van der Waals surface area (Å²) >= 11 is 0. The van der Waals surface area contributed by atoms with Gasteiger partial charge in [-0.15, -0.1) is 0 Å². The number of benzene rings is 2. The maximum absolute atomic E-state index is 14.7. The zero-order valence-corrected chi connectivity index (χ0v) is 37.0. The molecule has 0 bridgehead atoms. The van der Waals surface area contributed by atoms with Crippen molar-refractivity contribution in [3.63, 3.8) is 0 Å². The second kappa shape index (κ2) is 21.2. The molecule has 3 heterocycles. The van der Waals surface area contributed by atoms with Crippen molar-refractivity contribution in [1.82, 2.24) is 25.0 Å². The molecule has 1 amide bonds. The van der Waals surface area contributed by atoms with Gasteiger partial charge in [0, 0.05) is 6.42 Å². The van der Waals surface area contributed by atoms with Gasteiger partial charge in [0.05, 0.1) is 31.7 Å². The fourth-order valence-corrected chi connectivity index (χ4v) is 7.82. The number of ether oxygens (including phenoxy) is 6. The van der Waals surface area contributed by atoms with E-state index < -0.39 is 92.2 Å². The van der Waals surface area contributed by atoms with Crippen LogP contribution in [0.3, 0.4) is 0 Å². The summed E-state index contributed by atoms with van der Waals surface area (Å²) < 4.78 is 61.1. The Labute approximate surface area is 368 Å². The normalized spacial score (nSPS) is 20.0. The number of nitrogens with two attached hydrogens (primary N) is 1. The van der Waals surface area contributed by atoms with E-state index >= 15 is 0 Å². The van der Waals surface area contributed by atoms with E-state index in [0.29, 0.717) is 11.1 Å². The van der Waals surface area contributed by atoms with Crippen LogP contribution in [-0.2, 0) is 69.7 Å². The number of hydrogen-bond donors (Lipinski definition) is 3. The average molecular weight is 908 g/mol. The molecule has 0 aliphatic carbocycles. The van der Waals surface area contributed by atoms with Crippen molar-refractivity contribution < 1.29 is 66.0 Å². The number of nitrogens with zero attached hydrogens (tertiary/aromatic N) is 4. The highest BCUT2D eigenvalue weighted by molar-refractivity contribution is 7.52. The summed E-state index contributed by atoms with van der Waals surface area (Å²) in [6, 6.07) is 17.3. The zero-order chi connectivity index (χ0) is 46.8. The zero-order valence-electron chi connectivity index (χ0n) is 36.1. The van der Waals surface area contributed by atoms with Crippen molar-refractivity contribution in [2.75, 3.05) is 26.6 Å². The van der Waals surface area contributed by atoms with Gasteiger partial charge in [-0.05, 0) is 42.3 Å². The number of carbonyl (C=O) groups excluding carboxylic acids is 5. The highest BCUT2D eigenvalue weighted by Crippen LogP contribution is 2.50. The van der Waals surface area contributed by atoms with Gasteiger partial charge in [0.2, 0.25) is 5.60 Å². The molecule has 2 aromatic heterocycles. The Morgan fingerprint density at radius 1 is 0.891 bits per heavy atom. The number of esters is 4. The van der Waals surface area contributed by atoms with Crippen molar-refractivity contribution in [2.45, 2.75) is 83.6 Å². The van der Waals surface area contributed by atoms with Crippen molar-refractivity contribution in [1.29, 1.82) is 5.26 Å². The van der Waals surface area contributed by atoms with Crippen LogP contribution in [0, 0.1) is 23.2 Å². The van der Waals surface area contributed by atoms with E-state index in [1.165, 1.54) is 49.1 Å². The van der Waals surface area contributed by atoms with Gasteiger partial charge in [-0.25, -0.2) is 23.7 Å². The number of hydrogen-bond acceptors (Lipinski definition) is 18. The number of nitriles is 1. The first-order chi connectivity index (χ1) is 30.4. The van der Waals surface area contributed by atoms with E-state index in [0.717, 1.165) is 12.7 Å².